The van der Waals surface area contributed by atoms with Crippen molar-refractivity contribution in [3.63, 3.8) is 0 Å². The van der Waals surface area contributed by atoms with Gasteiger partial charge in [0.25, 0.3) is 0 Å². The number of rotatable bonds is 0. The third-order valence-corrected chi connectivity index (χ3v) is 3.85. The number of carbonyl (C=O) groups excluding carboxylic acids is 2. The van der Waals surface area contributed by atoms with Gasteiger partial charge in [-0.2, -0.15) is 0 Å². The van der Waals surface area contributed by atoms with E-state index in [1.807, 2.05) is 0 Å². The number of ether oxygens (including phenoxy) is 2. The van der Waals surface area contributed by atoms with Crippen molar-refractivity contribution >= 4 is 11.9 Å². The molecule has 0 aromatic carbocycles. The molecule has 0 radical (unpaired) electrons. The molecule has 0 bridgehead atoms. The zero-order valence-corrected chi connectivity index (χ0v) is 7.88. The first-order chi connectivity index (χ1) is 6.66. The average Bonchev–Trinajstić information content (AvgIpc) is 2.71. The maximum absolute atomic E-state index is 11.1. The average molecular weight is 196 g/mol. The number of hydrogen-bond acceptors (Lipinski definition) is 4. The number of hydrogen-bond donors (Lipinski definition) is 0. The first kappa shape index (κ1) is 8.26. The largest absolute Gasteiger partial charge is 0.455 e. The van der Waals surface area contributed by atoms with Crippen LogP contribution in [-0.4, -0.2) is 23.1 Å². The lowest BCUT2D eigenvalue weighted by Gasteiger charge is -2.52. The molecule has 1 aliphatic carbocycles. The van der Waals surface area contributed by atoms with Gasteiger partial charge < -0.3 is 9.47 Å². The Morgan fingerprint density at radius 1 is 0.786 bits per heavy atom. The normalized spacial score (nSPS) is 45.4. The summed E-state index contributed by atoms with van der Waals surface area (Å²) in [5, 5.41) is 0. The minimum Gasteiger partial charge on any atom is -0.455 e. The van der Waals surface area contributed by atoms with E-state index in [9.17, 15) is 9.59 Å². The zero-order valence-electron chi connectivity index (χ0n) is 7.88. The van der Waals surface area contributed by atoms with E-state index in [0.29, 0.717) is 12.8 Å². The summed E-state index contributed by atoms with van der Waals surface area (Å²) >= 11 is 0. The molecule has 4 nitrogen and oxygen atoms in total. The summed E-state index contributed by atoms with van der Waals surface area (Å²) in [6.07, 6.45) is 4.09. The van der Waals surface area contributed by atoms with E-state index < -0.39 is 11.2 Å². The van der Waals surface area contributed by atoms with Crippen LogP contribution in [0.5, 0.6) is 0 Å². The predicted molar refractivity (Wildman–Crippen MR) is 45.3 cm³/mol. The van der Waals surface area contributed by atoms with Gasteiger partial charge in [0.15, 0.2) is 11.2 Å². The molecule has 0 amide bonds. The molecule has 0 aromatic rings. The quantitative estimate of drug-likeness (QED) is 0.541. The van der Waals surface area contributed by atoms with E-state index in [-0.39, 0.29) is 11.9 Å². The summed E-state index contributed by atoms with van der Waals surface area (Å²) in [5.41, 5.74) is -0.896. The molecular formula is C10H12O4. The van der Waals surface area contributed by atoms with Gasteiger partial charge in [-0.15, -0.1) is 0 Å². The lowest BCUT2D eigenvalue weighted by molar-refractivity contribution is -0.228. The highest BCUT2D eigenvalue weighted by atomic mass is 16.6. The minimum atomic E-state index is -0.448. The summed E-state index contributed by atoms with van der Waals surface area (Å²) in [6, 6.07) is 0. The second-order valence-corrected chi connectivity index (χ2v) is 4.44. The van der Waals surface area contributed by atoms with Gasteiger partial charge in [-0.3, -0.25) is 9.59 Å². The van der Waals surface area contributed by atoms with Crippen molar-refractivity contribution in [1.82, 2.24) is 0 Å². The second kappa shape index (κ2) is 2.30. The van der Waals surface area contributed by atoms with Crippen molar-refractivity contribution in [3.05, 3.63) is 0 Å². The molecule has 3 aliphatic rings. The van der Waals surface area contributed by atoms with Crippen LogP contribution in [0.2, 0.25) is 0 Å². The summed E-state index contributed by atoms with van der Waals surface area (Å²) in [7, 11) is 0. The van der Waals surface area contributed by atoms with Crippen LogP contribution in [-0.2, 0) is 19.1 Å². The Kier molecular flexibility index (Phi) is 1.36. The monoisotopic (exact) mass is 196 g/mol. The molecule has 2 spiro atoms. The molecule has 76 valence electrons. The van der Waals surface area contributed by atoms with Gasteiger partial charge in [0.1, 0.15) is 0 Å². The highest BCUT2D eigenvalue weighted by Gasteiger charge is 2.68. The van der Waals surface area contributed by atoms with E-state index in [1.54, 1.807) is 0 Å². The molecule has 3 rings (SSSR count). The molecule has 0 unspecified atom stereocenters. The topological polar surface area (TPSA) is 52.6 Å². The van der Waals surface area contributed by atoms with Gasteiger partial charge in [0.2, 0.25) is 0 Å². The fourth-order valence-electron chi connectivity index (χ4n) is 2.92. The first-order valence-electron chi connectivity index (χ1n) is 5.10. The molecule has 1 saturated carbocycles. The van der Waals surface area contributed by atoms with Gasteiger partial charge in [-0.05, 0) is 12.8 Å². The fraction of sp³-hybridized carbons (Fsp3) is 0.800. The van der Waals surface area contributed by atoms with Crippen LogP contribution < -0.4 is 0 Å². The third-order valence-electron chi connectivity index (χ3n) is 3.85. The van der Waals surface area contributed by atoms with Crippen LogP contribution >= 0.6 is 0 Å². The van der Waals surface area contributed by atoms with Crippen molar-refractivity contribution in [1.29, 1.82) is 0 Å². The fourth-order valence-corrected chi connectivity index (χ4v) is 2.92. The Hall–Kier alpha value is -1.06. The number of esters is 2. The maximum atomic E-state index is 11.1. The molecule has 2 saturated heterocycles. The molecule has 2 atom stereocenters. The van der Waals surface area contributed by atoms with Gasteiger partial charge in [0, 0.05) is 25.7 Å². The zero-order chi connectivity index (χ0) is 9.81. The standard InChI is InChI=1S/C10H12O4/c11-7-1-3-9(13-7)5-6-10(9)4-2-8(12)14-10/h1-6H2/t9-,10+. The summed E-state index contributed by atoms with van der Waals surface area (Å²) in [5.74, 6) is -0.293. The van der Waals surface area contributed by atoms with Crippen molar-refractivity contribution in [2.24, 2.45) is 0 Å². The summed E-state index contributed by atoms with van der Waals surface area (Å²) < 4.78 is 10.7. The van der Waals surface area contributed by atoms with E-state index in [1.165, 1.54) is 0 Å². The Morgan fingerprint density at radius 3 is 1.43 bits per heavy atom. The van der Waals surface area contributed by atoms with Gasteiger partial charge in [-0.1, -0.05) is 0 Å². The molecule has 0 aromatic heterocycles. The SMILES string of the molecule is O=C1CC[C@]2(CC[C@@]23CCC(=O)O3)O1. The summed E-state index contributed by atoms with van der Waals surface area (Å²) in [4.78, 5) is 22.2. The highest BCUT2D eigenvalue weighted by Crippen LogP contribution is 2.57. The summed E-state index contributed by atoms with van der Waals surface area (Å²) in [6.45, 7) is 0. The highest BCUT2D eigenvalue weighted by molar-refractivity contribution is 5.75. The van der Waals surface area contributed by atoms with Crippen LogP contribution in [0, 0.1) is 0 Å². The lowest BCUT2D eigenvalue weighted by Crippen LogP contribution is -2.62. The van der Waals surface area contributed by atoms with Crippen molar-refractivity contribution in [3.8, 4) is 0 Å². The van der Waals surface area contributed by atoms with Crippen LogP contribution in [0.1, 0.15) is 38.5 Å². The molecule has 2 aliphatic heterocycles. The Bertz CT molecular complexity index is 292. The van der Waals surface area contributed by atoms with Gasteiger partial charge in [0.05, 0.1) is 0 Å². The predicted octanol–water partition coefficient (Wildman–Crippen LogP) is 0.932. The molecule has 0 N–H and O–H groups in total. The van der Waals surface area contributed by atoms with Crippen molar-refractivity contribution < 1.29 is 19.1 Å². The molecule has 3 fully saturated rings. The maximum Gasteiger partial charge on any atom is 0.306 e. The van der Waals surface area contributed by atoms with Crippen LogP contribution in [0.4, 0.5) is 0 Å². The van der Waals surface area contributed by atoms with E-state index in [4.69, 9.17) is 9.47 Å². The van der Waals surface area contributed by atoms with Crippen molar-refractivity contribution in [2.45, 2.75) is 49.7 Å². The Balaban J connectivity index is 1.89. The van der Waals surface area contributed by atoms with E-state index in [2.05, 4.69) is 0 Å². The number of carbonyl (C=O) groups is 2. The van der Waals surface area contributed by atoms with Crippen LogP contribution in [0.15, 0.2) is 0 Å². The van der Waals surface area contributed by atoms with Crippen LogP contribution in [0.3, 0.4) is 0 Å². The Morgan fingerprint density at radius 2 is 1.21 bits per heavy atom. The Labute approximate surface area is 81.6 Å². The molecule has 14 heavy (non-hydrogen) atoms. The molecule has 2 heterocycles. The van der Waals surface area contributed by atoms with E-state index >= 15 is 0 Å². The molecular weight excluding hydrogens is 184 g/mol. The van der Waals surface area contributed by atoms with Crippen LogP contribution in [0.25, 0.3) is 0 Å². The number of fused-ring (bicyclic) bond motifs is 1. The third kappa shape index (κ3) is 0.792. The van der Waals surface area contributed by atoms with Crippen molar-refractivity contribution in [2.75, 3.05) is 0 Å². The second-order valence-electron chi connectivity index (χ2n) is 4.44. The molecule has 4 heteroatoms. The van der Waals surface area contributed by atoms with Gasteiger partial charge >= 0.3 is 11.9 Å². The first-order valence-corrected chi connectivity index (χ1v) is 5.10. The minimum absolute atomic E-state index is 0.146. The smallest absolute Gasteiger partial charge is 0.306 e. The van der Waals surface area contributed by atoms with Gasteiger partial charge in [-0.25, -0.2) is 0 Å². The van der Waals surface area contributed by atoms with E-state index in [0.717, 1.165) is 25.7 Å². The lowest BCUT2D eigenvalue weighted by atomic mass is 9.62.